The van der Waals surface area contributed by atoms with Crippen molar-refractivity contribution in [1.82, 2.24) is 4.31 Å². The number of carboxylic acids is 1. The van der Waals surface area contributed by atoms with Crippen LogP contribution < -0.4 is 0 Å². The van der Waals surface area contributed by atoms with Crippen LogP contribution in [-0.4, -0.2) is 54.8 Å². The van der Waals surface area contributed by atoms with Crippen LogP contribution in [0.3, 0.4) is 0 Å². The van der Waals surface area contributed by atoms with Gasteiger partial charge >= 0.3 is 5.97 Å². The minimum atomic E-state index is -3.72. The summed E-state index contributed by atoms with van der Waals surface area (Å²) in [5.41, 5.74) is 0. The van der Waals surface area contributed by atoms with Crippen LogP contribution >= 0.6 is 0 Å². The van der Waals surface area contributed by atoms with Crippen LogP contribution in [0.4, 0.5) is 0 Å². The Morgan fingerprint density at radius 1 is 1.47 bits per heavy atom. The molecule has 6 nitrogen and oxygen atoms in total. The molecule has 0 spiro atoms. The number of rotatable bonds is 5. The minimum absolute atomic E-state index is 0.0894. The van der Waals surface area contributed by atoms with Crippen LogP contribution in [0.15, 0.2) is 0 Å². The van der Waals surface area contributed by atoms with Gasteiger partial charge in [0.2, 0.25) is 10.0 Å². The van der Waals surface area contributed by atoms with Crippen LogP contribution in [-0.2, 0) is 19.6 Å². The Morgan fingerprint density at radius 2 is 2.00 bits per heavy atom. The predicted octanol–water partition coefficient (Wildman–Crippen LogP) is 0.290. The average molecular weight is 265 g/mol. The van der Waals surface area contributed by atoms with E-state index in [0.29, 0.717) is 32.5 Å². The normalized spacial score (nSPS) is 21.3. The van der Waals surface area contributed by atoms with E-state index in [9.17, 15) is 13.2 Å². The first-order chi connectivity index (χ1) is 7.89. The molecule has 7 heteroatoms. The number of hydrogen-bond acceptors (Lipinski definition) is 4. The summed E-state index contributed by atoms with van der Waals surface area (Å²) in [4.78, 5) is 10.7. The Bertz CT molecular complexity index is 359. The minimum Gasteiger partial charge on any atom is -0.480 e. The molecular weight excluding hydrogens is 246 g/mol. The highest BCUT2D eigenvalue weighted by Crippen LogP contribution is 2.19. The molecular formula is C10H19NO5S. The first-order valence-electron chi connectivity index (χ1n) is 5.73. The van der Waals surface area contributed by atoms with Gasteiger partial charge in [0.15, 0.2) is 5.25 Å². The van der Waals surface area contributed by atoms with E-state index in [4.69, 9.17) is 9.84 Å². The van der Waals surface area contributed by atoms with E-state index in [-0.39, 0.29) is 6.10 Å². The lowest BCUT2D eigenvalue weighted by molar-refractivity contribution is -0.136. The maximum atomic E-state index is 11.9. The molecule has 1 aliphatic heterocycles. The molecule has 17 heavy (non-hydrogen) atoms. The number of sulfonamides is 1. The van der Waals surface area contributed by atoms with Crippen molar-refractivity contribution < 1.29 is 23.1 Å². The average Bonchev–Trinajstić information content (AvgIpc) is 2.29. The molecule has 1 fully saturated rings. The molecule has 0 amide bonds. The SMILES string of the molecule is CCOC1CCN(S(=O)(=O)C(C)C(=O)O)CC1. The van der Waals surface area contributed by atoms with Crippen LogP contribution in [0.25, 0.3) is 0 Å². The molecule has 1 atom stereocenters. The van der Waals surface area contributed by atoms with Crippen molar-refractivity contribution in [2.24, 2.45) is 0 Å². The number of carboxylic acid groups (broad SMARTS) is 1. The highest BCUT2D eigenvalue weighted by atomic mass is 32.2. The summed E-state index contributed by atoms with van der Waals surface area (Å²) in [5.74, 6) is -1.31. The van der Waals surface area contributed by atoms with E-state index in [0.717, 1.165) is 0 Å². The van der Waals surface area contributed by atoms with Gasteiger partial charge in [-0.3, -0.25) is 4.79 Å². The fourth-order valence-corrected chi connectivity index (χ4v) is 3.26. The Morgan fingerprint density at radius 3 is 2.41 bits per heavy atom. The van der Waals surface area contributed by atoms with Crippen molar-refractivity contribution in [1.29, 1.82) is 0 Å². The summed E-state index contributed by atoms with van der Waals surface area (Å²) < 4.78 is 30.5. The molecule has 0 aliphatic carbocycles. The smallest absolute Gasteiger partial charge is 0.323 e. The number of hydrogen-bond donors (Lipinski definition) is 1. The standard InChI is InChI=1S/C10H19NO5S/c1-3-16-9-4-6-11(7-5-9)17(14,15)8(2)10(12)13/h8-9H,3-7H2,1-2H3,(H,12,13). The van der Waals surface area contributed by atoms with Gasteiger partial charge in [-0.2, -0.15) is 0 Å². The van der Waals surface area contributed by atoms with Gasteiger partial charge in [0.25, 0.3) is 0 Å². The Kier molecular flexibility index (Phi) is 4.91. The molecule has 0 saturated carbocycles. The largest absolute Gasteiger partial charge is 0.480 e. The van der Waals surface area contributed by atoms with E-state index in [2.05, 4.69) is 0 Å². The lowest BCUT2D eigenvalue weighted by Gasteiger charge is -2.31. The van der Waals surface area contributed by atoms with Crippen LogP contribution in [0.5, 0.6) is 0 Å². The Labute approximate surface area is 102 Å². The quantitative estimate of drug-likeness (QED) is 0.772. The lowest BCUT2D eigenvalue weighted by atomic mass is 10.1. The third-order valence-electron chi connectivity index (χ3n) is 2.96. The van der Waals surface area contributed by atoms with Gasteiger partial charge in [-0.05, 0) is 26.7 Å². The maximum Gasteiger partial charge on any atom is 0.323 e. The second-order valence-corrected chi connectivity index (χ2v) is 6.33. The summed E-state index contributed by atoms with van der Waals surface area (Å²) in [6.07, 6.45) is 1.34. The van der Waals surface area contributed by atoms with Gasteiger partial charge in [-0.15, -0.1) is 0 Å². The monoisotopic (exact) mass is 265 g/mol. The van der Waals surface area contributed by atoms with Crippen molar-refractivity contribution in [3.63, 3.8) is 0 Å². The van der Waals surface area contributed by atoms with Crippen molar-refractivity contribution in [3.8, 4) is 0 Å². The second kappa shape index (κ2) is 5.79. The van der Waals surface area contributed by atoms with Gasteiger partial charge in [0.05, 0.1) is 6.10 Å². The number of aliphatic carboxylic acids is 1. The van der Waals surface area contributed by atoms with Crippen LogP contribution in [0.2, 0.25) is 0 Å². The van der Waals surface area contributed by atoms with Gasteiger partial charge < -0.3 is 9.84 Å². The summed E-state index contributed by atoms with van der Waals surface area (Å²) in [6, 6.07) is 0. The fraction of sp³-hybridized carbons (Fsp3) is 0.900. The van der Waals surface area contributed by atoms with E-state index in [1.54, 1.807) is 0 Å². The molecule has 1 heterocycles. The zero-order valence-corrected chi connectivity index (χ0v) is 10.9. The number of nitrogens with zero attached hydrogens (tertiary/aromatic N) is 1. The molecule has 1 unspecified atom stereocenters. The highest BCUT2D eigenvalue weighted by Gasteiger charge is 2.35. The van der Waals surface area contributed by atoms with Gasteiger partial charge in [0.1, 0.15) is 0 Å². The first kappa shape index (κ1) is 14.4. The van der Waals surface area contributed by atoms with Crippen molar-refractivity contribution >= 4 is 16.0 Å². The van der Waals surface area contributed by atoms with E-state index in [1.165, 1.54) is 11.2 Å². The van der Waals surface area contributed by atoms with Gasteiger partial charge in [-0.25, -0.2) is 12.7 Å². The Hall–Kier alpha value is -0.660. The molecule has 0 bridgehead atoms. The number of ether oxygens (including phenoxy) is 1. The zero-order chi connectivity index (χ0) is 13.1. The second-order valence-electron chi connectivity index (χ2n) is 4.08. The third kappa shape index (κ3) is 3.40. The predicted molar refractivity (Wildman–Crippen MR) is 62.2 cm³/mol. The highest BCUT2D eigenvalue weighted by molar-refractivity contribution is 7.90. The molecule has 1 aliphatic rings. The molecule has 1 saturated heterocycles. The molecule has 0 aromatic carbocycles. The van der Waals surface area contributed by atoms with Crippen LogP contribution in [0, 0.1) is 0 Å². The summed E-state index contributed by atoms with van der Waals surface area (Å²) in [6.45, 7) is 4.39. The molecule has 0 aromatic heterocycles. The van der Waals surface area contributed by atoms with Crippen molar-refractivity contribution in [3.05, 3.63) is 0 Å². The lowest BCUT2D eigenvalue weighted by Crippen LogP contribution is -2.46. The zero-order valence-electron chi connectivity index (χ0n) is 10.1. The molecule has 0 radical (unpaired) electrons. The maximum absolute atomic E-state index is 11.9. The number of carbonyl (C=O) groups is 1. The summed E-state index contributed by atoms with van der Waals surface area (Å²) >= 11 is 0. The van der Waals surface area contributed by atoms with E-state index in [1.807, 2.05) is 6.92 Å². The topological polar surface area (TPSA) is 83.9 Å². The number of piperidine rings is 1. The van der Waals surface area contributed by atoms with Crippen molar-refractivity contribution in [2.45, 2.75) is 38.0 Å². The van der Waals surface area contributed by atoms with Gasteiger partial charge in [-0.1, -0.05) is 0 Å². The summed E-state index contributed by atoms with van der Waals surface area (Å²) in [7, 11) is -3.72. The molecule has 1 rings (SSSR count). The third-order valence-corrected chi connectivity index (χ3v) is 5.14. The molecule has 0 aromatic rings. The van der Waals surface area contributed by atoms with Gasteiger partial charge in [0, 0.05) is 19.7 Å². The van der Waals surface area contributed by atoms with E-state index < -0.39 is 21.2 Å². The van der Waals surface area contributed by atoms with E-state index >= 15 is 0 Å². The summed E-state index contributed by atoms with van der Waals surface area (Å²) in [5, 5.41) is 7.37. The molecule has 100 valence electrons. The van der Waals surface area contributed by atoms with Crippen molar-refractivity contribution in [2.75, 3.05) is 19.7 Å². The first-order valence-corrected chi connectivity index (χ1v) is 7.23. The molecule has 1 N–H and O–H groups in total. The van der Waals surface area contributed by atoms with Crippen LogP contribution in [0.1, 0.15) is 26.7 Å². The Balaban J connectivity index is 2.62. The fourth-order valence-electron chi connectivity index (χ4n) is 1.84.